The van der Waals surface area contributed by atoms with Crippen molar-refractivity contribution >= 4 is 27.6 Å². The highest BCUT2D eigenvalue weighted by molar-refractivity contribution is 9.10. The Balaban J connectivity index is 2.20. The summed E-state index contributed by atoms with van der Waals surface area (Å²) in [6, 6.07) is 6.10. The first kappa shape index (κ1) is 14.3. The minimum absolute atomic E-state index is 0.362. The second kappa shape index (κ2) is 5.92. The maximum Gasteiger partial charge on any atom is 0.338 e. The van der Waals surface area contributed by atoms with Gasteiger partial charge in [0.25, 0.3) is 0 Å². The summed E-state index contributed by atoms with van der Waals surface area (Å²) in [5.41, 5.74) is 1.17. The predicted octanol–water partition coefficient (Wildman–Crippen LogP) is 2.68. The van der Waals surface area contributed by atoms with Gasteiger partial charge in [0.1, 0.15) is 0 Å². The van der Waals surface area contributed by atoms with Crippen LogP contribution in [-0.2, 0) is 0 Å². The van der Waals surface area contributed by atoms with Crippen molar-refractivity contribution in [1.82, 2.24) is 4.90 Å². The molecule has 1 N–H and O–H groups in total. The number of aromatic carboxylic acids is 1. The van der Waals surface area contributed by atoms with E-state index in [0.717, 1.165) is 31.9 Å². The fourth-order valence-electron chi connectivity index (χ4n) is 2.47. The Morgan fingerprint density at radius 2 is 1.89 bits per heavy atom. The third-order valence-corrected chi connectivity index (χ3v) is 4.25. The van der Waals surface area contributed by atoms with Crippen molar-refractivity contribution in [3.05, 3.63) is 28.2 Å². The molecule has 1 aromatic carbocycles. The van der Waals surface area contributed by atoms with E-state index in [-0.39, 0.29) is 0 Å². The Hall–Kier alpha value is -1.07. The first-order chi connectivity index (χ1) is 9.00. The molecule has 0 amide bonds. The quantitative estimate of drug-likeness (QED) is 0.927. The van der Waals surface area contributed by atoms with Crippen molar-refractivity contribution in [2.45, 2.75) is 19.9 Å². The van der Waals surface area contributed by atoms with Crippen molar-refractivity contribution in [1.29, 1.82) is 0 Å². The van der Waals surface area contributed by atoms with E-state index < -0.39 is 5.97 Å². The summed E-state index contributed by atoms with van der Waals surface area (Å²) in [7, 11) is 0. The number of rotatable bonds is 3. The lowest BCUT2D eigenvalue weighted by atomic mass is 10.1. The van der Waals surface area contributed by atoms with Gasteiger partial charge in [0.2, 0.25) is 0 Å². The number of carboxylic acids is 1. The lowest BCUT2D eigenvalue weighted by molar-refractivity contribution is 0.0696. The van der Waals surface area contributed by atoms with Crippen molar-refractivity contribution < 1.29 is 9.90 Å². The van der Waals surface area contributed by atoms with E-state index in [2.05, 4.69) is 39.6 Å². The Bertz CT molecular complexity index is 469. The van der Waals surface area contributed by atoms with Crippen LogP contribution < -0.4 is 4.90 Å². The molecular formula is C14H19BrN2O2. The van der Waals surface area contributed by atoms with Gasteiger partial charge in [-0.25, -0.2) is 4.79 Å². The van der Waals surface area contributed by atoms with Gasteiger partial charge in [-0.15, -0.1) is 0 Å². The van der Waals surface area contributed by atoms with E-state index in [1.807, 2.05) is 12.1 Å². The highest BCUT2D eigenvalue weighted by Crippen LogP contribution is 2.28. The number of hydrogen-bond donors (Lipinski definition) is 1. The van der Waals surface area contributed by atoms with Crippen LogP contribution in [0.3, 0.4) is 0 Å². The van der Waals surface area contributed by atoms with Crippen LogP contribution in [-0.4, -0.2) is 48.2 Å². The number of nitrogens with zero attached hydrogens (tertiary/aromatic N) is 2. The molecule has 0 aliphatic carbocycles. The molecule has 0 atom stereocenters. The Morgan fingerprint density at radius 3 is 2.42 bits per heavy atom. The molecule has 104 valence electrons. The normalized spacial score (nSPS) is 16.9. The average molecular weight is 327 g/mol. The molecule has 0 radical (unpaired) electrons. The van der Waals surface area contributed by atoms with E-state index in [4.69, 9.17) is 0 Å². The van der Waals surface area contributed by atoms with Gasteiger partial charge in [-0.05, 0) is 41.9 Å². The highest BCUT2D eigenvalue weighted by Gasteiger charge is 2.23. The molecule has 0 spiro atoms. The number of halogens is 1. The fraction of sp³-hybridized carbons (Fsp3) is 0.500. The third kappa shape index (κ3) is 3.09. The van der Waals surface area contributed by atoms with Gasteiger partial charge in [-0.3, -0.25) is 4.90 Å². The molecule has 4 nitrogen and oxygen atoms in total. The van der Waals surface area contributed by atoms with Crippen LogP contribution in [0.5, 0.6) is 0 Å². The van der Waals surface area contributed by atoms with E-state index in [0.29, 0.717) is 16.1 Å². The lowest BCUT2D eigenvalue weighted by Gasteiger charge is -2.38. The zero-order valence-electron chi connectivity index (χ0n) is 11.3. The van der Waals surface area contributed by atoms with Crippen LogP contribution >= 0.6 is 15.9 Å². The van der Waals surface area contributed by atoms with E-state index in [1.54, 1.807) is 6.07 Å². The molecule has 1 aliphatic rings. The third-order valence-electron chi connectivity index (χ3n) is 3.59. The van der Waals surface area contributed by atoms with Crippen LogP contribution in [0, 0.1) is 0 Å². The Kier molecular flexibility index (Phi) is 4.47. The SMILES string of the molecule is CC(C)N1CCN(c2cccc(Br)c2C(=O)O)CC1. The van der Waals surface area contributed by atoms with Crippen molar-refractivity contribution in [3.63, 3.8) is 0 Å². The molecule has 5 heteroatoms. The zero-order chi connectivity index (χ0) is 14.0. The summed E-state index contributed by atoms with van der Waals surface area (Å²) in [5, 5.41) is 9.35. The minimum Gasteiger partial charge on any atom is -0.478 e. The number of hydrogen-bond acceptors (Lipinski definition) is 3. The predicted molar refractivity (Wildman–Crippen MR) is 80.0 cm³/mol. The number of benzene rings is 1. The summed E-state index contributed by atoms with van der Waals surface area (Å²) in [5.74, 6) is -0.881. The van der Waals surface area contributed by atoms with Crippen molar-refractivity contribution in [3.8, 4) is 0 Å². The van der Waals surface area contributed by atoms with Gasteiger partial charge in [0.15, 0.2) is 0 Å². The summed E-state index contributed by atoms with van der Waals surface area (Å²) < 4.78 is 0.642. The Morgan fingerprint density at radius 1 is 1.26 bits per heavy atom. The lowest BCUT2D eigenvalue weighted by Crippen LogP contribution is -2.49. The minimum atomic E-state index is -0.881. The van der Waals surface area contributed by atoms with Gasteiger partial charge in [0.05, 0.1) is 11.3 Å². The first-order valence-corrected chi connectivity index (χ1v) is 7.31. The van der Waals surface area contributed by atoms with Gasteiger partial charge < -0.3 is 10.0 Å². The topological polar surface area (TPSA) is 43.8 Å². The van der Waals surface area contributed by atoms with Crippen molar-refractivity contribution in [2.75, 3.05) is 31.1 Å². The summed E-state index contributed by atoms with van der Waals surface area (Å²) in [4.78, 5) is 16.0. The van der Waals surface area contributed by atoms with Gasteiger partial charge in [-0.2, -0.15) is 0 Å². The van der Waals surface area contributed by atoms with Crippen LogP contribution in [0.2, 0.25) is 0 Å². The van der Waals surface area contributed by atoms with Gasteiger partial charge in [0, 0.05) is 36.7 Å². The smallest absolute Gasteiger partial charge is 0.338 e. The fourth-order valence-corrected chi connectivity index (χ4v) is 2.99. The first-order valence-electron chi connectivity index (χ1n) is 6.51. The number of anilines is 1. The molecule has 1 aromatic rings. The number of carboxylic acid groups (broad SMARTS) is 1. The van der Waals surface area contributed by atoms with Crippen LogP contribution in [0.1, 0.15) is 24.2 Å². The molecule has 0 unspecified atom stereocenters. The second-order valence-corrected chi connectivity index (χ2v) is 5.91. The summed E-state index contributed by atoms with van der Waals surface area (Å²) in [6.07, 6.45) is 0. The molecule has 1 heterocycles. The van der Waals surface area contributed by atoms with Crippen LogP contribution in [0.15, 0.2) is 22.7 Å². The Labute approximate surface area is 122 Å². The van der Waals surface area contributed by atoms with E-state index in [9.17, 15) is 9.90 Å². The number of piperazine rings is 1. The van der Waals surface area contributed by atoms with Crippen LogP contribution in [0.25, 0.3) is 0 Å². The largest absolute Gasteiger partial charge is 0.478 e. The van der Waals surface area contributed by atoms with Gasteiger partial charge >= 0.3 is 5.97 Å². The summed E-state index contributed by atoms with van der Waals surface area (Å²) >= 11 is 3.33. The van der Waals surface area contributed by atoms with E-state index in [1.165, 1.54) is 0 Å². The average Bonchev–Trinajstić information content (AvgIpc) is 2.38. The molecule has 1 aliphatic heterocycles. The van der Waals surface area contributed by atoms with E-state index >= 15 is 0 Å². The number of carbonyl (C=O) groups is 1. The monoisotopic (exact) mass is 326 g/mol. The summed E-state index contributed by atoms with van der Waals surface area (Å²) in [6.45, 7) is 8.07. The molecule has 2 rings (SSSR count). The van der Waals surface area contributed by atoms with Crippen molar-refractivity contribution in [2.24, 2.45) is 0 Å². The molecule has 0 aromatic heterocycles. The second-order valence-electron chi connectivity index (χ2n) is 5.06. The molecule has 1 fully saturated rings. The van der Waals surface area contributed by atoms with Gasteiger partial charge in [-0.1, -0.05) is 6.07 Å². The zero-order valence-corrected chi connectivity index (χ0v) is 12.9. The molecule has 0 saturated carbocycles. The maximum absolute atomic E-state index is 11.4. The molecule has 19 heavy (non-hydrogen) atoms. The molecule has 0 bridgehead atoms. The highest BCUT2D eigenvalue weighted by atomic mass is 79.9. The molecule has 1 saturated heterocycles. The van der Waals surface area contributed by atoms with Crippen LogP contribution in [0.4, 0.5) is 5.69 Å². The maximum atomic E-state index is 11.4. The molecular weight excluding hydrogens is 308 g/mol. The standard InChI is InChI=1S/C14H19BrN2O2/c1-10(2)16-6-8-17(9-7-16)12-5-3-4-11(15)13(12)14(18)19/h3-5,10H,6-9H2,1-2H3,(H,18,19).